The Morgan fingerprint density at radius 3 is 1.96 bits per heavy atom. The van der Waals surface area contributed by atoms with Crippen molar-refractivity contribution in [2.45, 2.75) is 6.04 Å². The van der Waals surface area contributed by atoms with E-state index in [0.717, 1.165) is 26.2 Å². The molecule has 0 radical (unpaired) electrons. The zero-order valence-electron chi connectivity index (χ0n) is 14.6. The van der Waals surface area contributed by atoms with Gasteiger partial charge in [-0.3, -0.25) is 9.69 Å². The standard InChI is InChI=1S/C21H22N4O/c26-21-20(22-11-12-23-21)25-15-13-24(14-16-25)19(17-7-3-1-4-8-17)18-9-5-2-6-10-18/h1-12,19H,13-16H2,(H,23,26). The number of H-pyrrole nitrogens is 1. The Balaban J connectivity index is 1.57. The van der Waals surface area contributed by atoms with Crippen molar-refractivity contribution >= 4 is 5.82 Å². The lowest BCUT2D eigenvalue weighted by molar-refractivity contribution is 0.212. The third kappa shape index (κ3) is 3.39. The maximum atomic E-state index is 12.0. The molecule has 0 bridgehead atoms. The van der Waals surface area contributed by atoms with Gasteiger partial charge in [-0.2, -0.15) is 0 Å². The quantitative estimate of drug-likeness (QED) is 0.789. The molecule has 2 heterocycles. The molecule has 5 nitrogen and oxygen atoms in total. The zero-order valence-corrected chi connectivity index (χ0v) is 14.6. The predicted molar refractivity (Wildman–Crippen MR) is 103 cm³/mol. The Bertz CT molecular complexity index is 847. The highest BCUT2D eigenvalue weighted by molar-refractivity contribution is 5.37. The molecule has 1 aliphatic heterocycles. The summed E-state index contributed by atoms with van der Waals surface area (Å²) < 4.78 is 0. The number of aromatic nitrogens is 2. The predicted octanol–water partition coefficient (Wildman–Crippen LogP) is 2.68. The third-order valence-electron chi connectivity index (χ3n) is 4.90. The van der Waals surface area contributed by atoms with Crippen molar-refractivity contribution in [2.75, 3.05) is 31.1 Å². The van der Waals surface area contributed by atoms with E-state index in [4.69, 9.17) is 0 Å². The Hall–Kier alpha value is -2.92. The SMILES string of the molecule is O=c1[nH]ccnc1N1CCN(C(c2ccccc2)c2ccccc2)CC1. The average Bonchev–Trinajstić information content (AvgIpc) is 2.71. The van der Waals surface area contributed by atoms with Crippen LogP contribution in [0.2, 0.25) is 0 Å². The summed E-state index contributed by atoms with van der Waals surface area (Å²) in [6.07, 6.45) is 3.21. The number of hydrogen-bond acceptors (Lipinski definition) is 4. The van der Waals surface area contributed by atoms with E-state index >= 15 is 0 Å². The van der Waals surface area contributed by atoms with E-state index in [1.807, 2.05) is 0 Å². The van der Waals surface area contributed by atoms with Gasteiger partial charge in [0.1, 0.15) is 0 Å². The third-order valence-corrected chi connectivity index (χ3v) is 4.90. The number of hydrogen-bond donors (Lipinski definition) is 1. The van der Waals surface area contributed by atoms with Crippen molar-refractivity contribution < 1.29 is 0 Å². The molecule has 1 aliphatic rings. The first-order valence-corrected chi connectivity index (χ1v) is 8.95. The molecule has 3 aromatic rings. The summed E-state index contributed by atoms with van der Waals surface area (Å²) in [7, 11) is 0. The number of nitrogens with one attached hydrogen (secondary N) is 1. The van der Waals surface area contributed by atoms with Crippen LogP contribution in [-0.2, 0) is 0 Å². The molecule has 4 rings (SSSR count). The van der Waals surface area contributed by atoms with Crippen LogP contribution in [0.3, 0.4) is 0 Å². The Kier molecular flexibility index (Phi) is 4.80. The maximum absolute atomic E-state index is 12.0. The minimum atomic E-state index is -0.122. The van der Waals surface area contributed by atoms with Crippen LogP contribution in [0.15, 0.2) is 77.9 Å². The number of benzene rings is 2. The molecule has 0 amide bonds. The number of aromatic amines is 1. The molecular formula is C21H22N4O. The van der Waals surface area contributed by atoms with E-state index in [2.05, 4.69) is 80.4 Å². The highest BCUT2D eigenvalue weighted by atomic mass is 16.1. The zero-order chi connectivity index (χ0) is 17.8. The van der Waals surface area contributed by atoms with Crippen LogP contribution in [-0.4, -0.2) is 41.0 Å². The fourth-order valence-corrected chi connectivity index (χ4v) is 3.65. The summed E-state index contributed by atoms with van der Waals surface area (Å²) in [6, 6.07) is 21.4. The molecule has 2 aromatic carbocycles. The molecular weight excluding hydrogens is 324 g/mol. The summed E-state index contributed by atoms with van der Waals surface area (Å²) in [5.41, 5.74) is 2.47. The molecule has 0 spiro atoms. The van der Waals surface area contributed by atoms with Crippen molar-refractivity contribution in [2.24, 2.45) is 0 Å². The minimum absolute atomic E-state index is 0.122. The normalized spacial score (nSPS) is 15.3. The second-order valence-corrected chi connectivity index (χ2v) is 6.49. The Morgan fingerprint density at radius 2 is 1.42 bits per heavy atom. The first kappa shape index (κ1) is 16.5. The fraction of sp³-hybridized carbons (Fsp3) is 0.238. The highest BCUT2D eigenvalue weighted by Crippen LogP contribution is 2.29. The summed E-state index contributed by atoms with van der Waals surface area (Å²) in [6.45, 7) is 3.33. The topological polar surface area (TPSA) is 52.2 Å². The van der Waals surface area contributed by atoms with Gasteiger partial charge in [-0.05, 0) is 11.1 Å². The largest absolute Gasteiger partial charge is 0.349 e. The summed E-state index contributed by atoms with van der Waals surface area (Å²) in [5.74, 6) is 0.517. The maximum Gasteiger partial charge on any atom is 0.290 e. The van der Waals surface area contributed by atoms with Gasteiger partial charge in [-0.15, -0.1) is 0 Å². The summed E-state index contributed by atoms with van der Waals surface area (Å²) >= 11 is 0. The van der Waals surface area contributed by atoms with Gasteiger partial charge in [-0.1, -0.05) is 60.7 Å². The van der Waals surface area contributed by atoms with Crippen molar-refractivity contribution in [3.8, 4) is 0 Å². The Labute approximate surface area is 152 Å². The van der Waals surface area contributed by atoms with Gasteiger partial charge >= 0.3 is 0 Å². The molecule has 0 atom stereocenters. The van der Waals surface area contributed by atoms with Crippen molar-refractivity contribution in [1.29, 1.82) is 0 Å². The van der Waals surface area contributed by atoms with Crippen LogP contribution in [0.25, 0.3) is 0 Å². The van der Waals surface area contributed by atoms with Gasteiger partial charge < -0.3 is 9.88 Å². The van der Waals surface area contributed by atoms with Gasteiger partial charge in [0.2, 0.25) is 0 Å². The van der Waals surface area contributed by atoms with Gasteiger partial charge in [0.25, 0.3) is 5.56 Å². The van der Waals surface area contributed by atoms with Gasteiger partial charge in [-0.25, -0.2) is 4.98 Å². The number of piperazine rings is 1. The highest BCUT2D eigenvalue weighted by Gasteiger charge is 2.27. The molecule has 132 valence electrons. The number of rotatable bonds is 4. The van der Waals surface area contributed by atoms with Crippen LogP contribution in [0.1, 0.15) is 17.2 Å². The molecule has 1 N–H and O–H groups in total. The van der Waals surface area contributed by atoms with Crippen LogP contribution in [0.4, 0.5) is 5.82 Å². The molecule has 5 heteroatoms. The van der Waals surface area contributed by atoms with Crippen molar-refractivity contribution in [1.82, 2.24) is 14.9 Å². The lowest BCUT2D eigenvalue weighted by Crippen LogP contribution is -2.49. The lowest BCUT2D eigenvalue weighted by Gasteiger charge is -2.39. The average molecular weight is 346 g/mol. The Morgan fingerprint density at radius 1 is 0.846 bits per heavy atom. The van der Waals surface area contributed by atoms with Crippen LogP contribution in [0.5, 0.6) is 0 Å². The van der Waals surface area contributed by atoms with Crippen molar-refractivity contribution in [3.63, 3.8) is 0 Å². The van der Waals surface area contributed by atoms with Gasteiger partial charge in [0, 0.05) is 38.6 Å². The lowest BCUT2D eigenvalue weighted by atomic mass is 9.96. The summed E-state index contributed by atoms with van der Waals surface area (Å²) in [4.78, 5) is 23.5. The van der Waals surface area contributed by atoms with Crippen molar-refractivity contribution in [3.05, 3.63) is 94.5 Å². The van der Waals surface area contributed by atoms with E-state index in [1.54, 1.807) is 12.4 Å². The van der Waals surface area contributed by atoms with Crippen LogP contribution >= 0.6 is 0 Å². The van der Waals surface area contributed by atoms with Crippen LogP contribution in [0, 0.1) is 0 Å². The molecule has 1 fully saturated rings. The summed E-state index contributed by atoms with van der Waals surface area (Å²) in [5, 5.41) is 0. The molecule has 0 unspecified atom stereocenters. The van der Waals surface area contributed by atoms with E-state index in [9.17, 15) is 4.79 Å². The monoisotopic (exact) mass is 346 g/mol. The molecule has 1 aromatic heterocycles. The number of anilines is 1. The molecule has 26 heavy (non-hydrogen) atoms. The van der Waals surface area contributed by atoms with E-state index < -0.39 is 0 Å². The minimum Gasteiger partial charge on any atom is -0.349 e. The number of nitrogens with zero attached hydrogens (tertiary/aromatic N) is 3. The molecule has 0 aliphatic carbocycles. The molecule has 0 saturated carbocycles. The molecule has 1 saturated heterocycles. The van der Waals surface area contributed by atoms with Crippen LogP contribution < -0.4 is 10.5 Å². The van der Waals surface area contributed by atoms with E-state index in [-0.39, 0.29) is 11.6 Å². The fourth-order valence-electron chi connectivity index (χ4n) is 3.65. The smallest absolute Gasteiger partial charge is 0.290 e. The first-order valence-electron chi connectivity index (χ1n) is 8.95. The van der Waals surface area contributed by atoms with Gasteiger partial charge in [0.15, 0.2) is 5.82 Å². The second-order valence-electron chi connectivity index (χ2n) is 6.49. The second kappa shape index (κ2) is 7.54. The van der Waals surface area contributed by atoms with E-state index in [0.29, 0.717) is 5.82 Å². The van der Waals surface area contributed by atoms with Gasteiger partial charge in [0.05, 0.1) is 6.04 Å². The van der Waals surface area contributed by atoms with E-state index in [1.165, 1.54) is 11.1 Å². The first-order chi connectivity index (χ1) is 12.8.